The van der Waals surface area contributed by atoms with Crippen molar-refractivity contribution in [3.05, 3.63) is 17.7 Å². The Morgan fingerprint density at radius 1 is 1.13 bits per heavy atom. The standard InChI is InChI=1S/C8H10N4O3/c9-8(10)12-11-3-4-1-2-5(13)7(15)6(4)14/h1-3,13-15H,(H4,9,10,12)/b11-3-. The van der Waals surface area contributed by atoms with Gasteiger partial charge in [-0.3, -0.25) is 0 Å². The summed E-state index contributed by atoms with van der Waals surface area (Å²) in [6.45, 7) is 0. The summed E-state index contributed by atoms with van der Waals surface area (Å²) in [5.41, 5.74) is 10.2. The van der Waals surface area contributed by atoms with Crippen molar-refractivity contribution in [2.75, 3.05) is 0 Å². The van der Waals surface area contributed by atoms with Crippen LogP contribution in [0.4, 0.5) is 0 Å². The van der Waals surface area contributed by atoms with Crippen LogP contribution in [0.2, 0.25) is 0 Å². The summed E-state index contributed by atoms with van der Waals surface area (Å²) < 4.78 is 0. The monoisotopic (exact) mass is 210 g/mol. The minimum atomic E-state index is -0.622. The van der Waals surface area contributed by atoms with Gasteiger partial charge in [0.15, 0.2) is 11.5 Å². The van der Waals surface area contributed by atoms with Crippen molar-refractivity contribution in [2.24, 2.45) is 21.7 Å². The normalized spacial score (nSPS) is 10.4. The highest BCUT2D eigenvalue weighted by Crippen LogP contribution is 2.36. The molecule has 0 aromatic heterocycles. The van der Waals surface area contributed by atoms with Crippen LogP contribution in [-0.2, 0) is 0 Å². The molecule has 1 aromatic rings. The predicted molar refractivity (Wildman–Crippen MR) is 54.8 cm³/mol. The molecule has 0 aliphatic heterocycles. The maximum Gasteiger partial charge on any atom is 0.211 e. The molecule has 0 fully saturated rings. The van der Waals surface area contributed by atoms with Gasteiger partial charge in [-0.25, -0.2) is 0 Å². The van der Waals surface area contributed by atoms with Gasteiger partial charge in [-0.05, 0) is 12.1 Å². The fraction of sp³-hybridized carbons (Fsp3) is 0. The van der Waals surface area contributed by atoms with Gasteiger partial charge < -0.3 is 26.8 Å². The van der Waals surface area contributed by atoms with Gasteiger partial charge in [0.1, 0.15) is 0 Å². The third kappa shape index (κ3) is 2.50. The summed E-state index contributed by atoms with van der Waals surface area (Å²) in [6, 6.07) is 2.54. The molecule has 1 aromatic carbocycles. The molecule has 0 saturated carbocycles. The molecule has 0 bridgehead atoms. The lowest BCUT2D eigenvalue weighted by Crippen LogP contribution is -2.21. The van der Waals surface area contributed by atoms with Gasteiger partial charge in [0, 0.05) is 5.56 Å². The number of rotatable bonds is 2. The molecule has 7 heteroatoms. The summed E-state index contributed by atoms with van der Waals surface area (Å²) in [4.78, 5) is 0. The smallest absolute Gasteiger partial charge is 0.211 e. The van der Waals surface area contributed by atoms with Crippen LogP contribution < -0.4 is 11.5 Å². The predicted octanol–water partition coefficient (Wildman–Crippen LogP) is -0.589. The van der Waals surface area contributed by atoms with Crippen molar-refractivity contribution in [1.82, 2.24) is 0 Å². The topological polar surface area (TPSA) is 137 Å². The van der Waals surface area contributed by atoms with E-state index in [-0.39, 0.29) is 11.5 Å². The van der Waals surface area contributed by atoms with Crippen LogP contribution in [0.3, 0.4) is 0 Å². The van der Waals surface area contributed by atoms with Crippen molar-refractivity contribution < 1.29 is 15.3 Å². The number of guanidine groups is 1. The molecule has 7 nitrogen and oxygen atoms in total. The van der Waals surface area contributed by atoms with Gasteiger partial charge in [-0.15, -0.1) is 5.10 Å². The number of nitrogens with two attached hydrogens (primary N) is 2. The Bertz CT molecular complexity index is 424. The molecule has 0 atom stereocenters. The zero-order valence-electron chi connectivity index (χ0n) is 7.62. The van der Waals surface area contributed by atoms with E-state index >= 15 is 0 Å². The van der Waals surface area contributed by atoms with Crippen LogP contribution in [0.25, 0.3) is 0 Å². The van der Waals surface area contributed by atoms with Crippen molar-refractivity contribution in [3.8, 4) is 17.2 Å². The van der Waals surface area contributed by atoms with Gasteiger partial charge in [-0.1, -0.05) is 0 Å². The second-order valence-corrected chi connectivity index (χ2v) is 2.64. The van der Waals surface area contributed by atoms with Crippen molar-refractivity contribution in [3.63, 3.8) is 0 Å². The lowest BCUT2D eigenvalue weighted by Gasteiger charge is -2.02. The lowest BCUT2D eigenvalue weighted by atomic mass is 10.2. The van der Waals surface area contributed by atoms with E-state index in [1.54, 1.807) is 0 Å². The Balaban J connectivity index is 3.02. The Kier molecular flexibility index (Phi) is 2.97. The second-order valence-electron chi connectivity index (χ2n) is 2.64. The van der Waals surface area contributed by atoms with E-state index < -0.39 is 17.2 Å². The maximum absolute atomic E-state index is 9.33. The molecule has 0 spiro atoms. The highest BCUT2D eigenvalue weighted by atomic mass is 16.3. The van der Waals surface area contributed by atoms with E-state index in [0.717, 1.165) is 6.21 Å². The number of benzene rings is 1. The minimum absolute atomic E-state index is 0.176. The Morgan fingerprint density at radius 2 is 1.80 bits per heavy atom. The van der Waals surface area contributed by atoms with Crippen LogP contribution in [0.5, 0.6) is 17.2 Å². The third-order valence-electron chi connectivity index (χ3n) is 1.53. The van der Waals surface area contributed by atoms with Gasteiger partial charge in [0.05, 0.1) is 6.21 Å². The van der Waals surface area contributed by atoms with Crippen LogP contribution >= 0.6 is 0 Å². The van der Waals surface area contributed by atoms with E-state index in [9.17, 15) is 5.11 Å². The molecule has 0 aliphatic carbocycles. The van der Waals surface area contributed by atoms with E-state index in [4.69, 9.17) is 21.7 Å². The molecule has 15 heavy (non-hydrogen) atoms. The number of phenolic OH excluding ortho intramolecular Hbond substituents is 3. The van der Waals surface area contributed by atoms with Crippen molar-refractivity contribution in [1.29, 1.82) is 0 Å². The van der Waals surface area contributed by atoms with Crippen LogP contribution in [0.1, 0.15) is 5.56 Å². The lowest BCUT2D eigenvalue weighted by molar-refractivity contribution is 0.367. The highest BCUT2D eigenvalue weighted by Gasteiger charge is 2.08. The fourth-order valence-electron chi connectivity index (χ4n) is 0.847. The average Bonchev–Trinajstić information content (AvgIpc) is 2.18. The first-order valence-corrected chi connectivity index (χ1v) is 3.88. The molecule has 0 amide bonds. The van der Waals surface area contributed by atoms with Gasteiger partial charge in [0.2, 0.25) is 11.7 Å². The second kappa shape index (κ2) is 4.18. The molecule has 80 valence electrons. The molecule has 0 unspecified atom stereocenters. The summed E-state index contributed by atoms with van der Waals surface area (Å²) in [7, 11) is 0. The van der Waals surface area contributed by atoms with Gasteiger partial charge in [-0.2, -0.15) is 5.10 Å². The number of nitrogens with zero attached hydrogens (tertiary/aromatic N) is 2. The molecule has 0 saturated heterocycles. The molecule has 7 N–H and O–H groups in total. The quantitative estimate of drug-likeness (QED) is 0.192. The summed E-state index contributed by atoms with van der Waals surface area (Å²) >= 11 is 0. The van der Waals surface area contributed by atoms with Crippen molar-refractivity contribution in [2.45, 2.75) is 0 Å². The van der Waals surface area contributed by atoms with Crippen LogP contribution in [-0.4, -0.2) is 27.5 Å². The molecular weight excluding hydrogens is 200 g/mol. The highest BCUT2D eigenvalue weighted by molar-refractivity contribution is 5.86. The van der Waals surface area contributed by atoms with E-state index in [0.29, 0.717) is 0 Å². The number of hydrogen-bond donors (Lipinski definition) is 5. The number of aromatic hydroxyl groups is 3. The van der Waals surface area contributed by atoms with Gasteiger partial charge >= 0.3 is 0 Å². The Morgan fingerprint density at radius 3 is 2.40 bits per heavy atom. The summed E-state index contributed by atoms with van der Waals surface area (Å²) in [6.07, 6.45) is 1.13. The molecule has 0 heterocycles. The van der Waals surface area contributed by atoms with Crippen LogP contribution in [0, 0.1) is 0 Å². The third-order valence-corrected chi connectivity index (χ3v) is 1.53. The van der Waals surface area contributed by atoms with E-state index in [1.165, 1.54) is 12.1 Å². The van der Waals surface area contributed by atoms with E-state index in [1.807, 2.05) is 0 Å². The first kappa shape index (κ1) is 10.6. The maximum atomic E-state index is 9.33. The number of hydrogen-bond acceptors (Lipinski definition) is 5. The Labute approximate surface area is 85.0 Å². The first-order valence-electron chi connectivity index (χ1n) is 3.88. The van der Waals surface area contributed by atoms with Gasteiger partial charge in [0.25, 0.3) is 0 Å². The first-order chi connectivity index (χ1) is 7.02. The molecular formula is C8H10N4O3. The minimum Gasteiger partial charge on any atom is -0.504 e. The zero-order chi connectivity index (χ0) is 11.4. The van der Waals surface area contributed by atoms with E-state index in [2.05, 4.69) is 10.2 Å². The summed E-state index contributed by atoms with van der Waals surface area (Å²) in [5, 5.41) is 34.2. The number of phenols is 3. The summed E-state index contributed by atoms with van der Waals surface area (Å²) in [5.74, 6) is -1.77. The van der Waals surface area contributed by atoms with Crippen molar-refractivity contribution >= 4 is 12.2 Å². The largest absolute Gasteiger partial charge is 0.504 e. The van der Waals surface area contributed by atoms with Crippen LogP contribution in [0.15, 0.2) is 22.3 Å². The SMILES string of the molecule is NC(N)=N/N=C\c1ccc(O)c(O)c1O. The Hall–Kier alpha value is -2.44. The molecule has 1 rings (SSSR count). The fourth-order valence-corrected chi connectivity index (χ4v) is 0.847. The average molecular weight is 210 g/mol. The molecule has 0 radical (unpaired) electrons. The molecule has 0 aliphatic rings. The zero-order valence-corrected chi connectivity index (χ0v) is 7.62.